The maximum absolute atomic E-state index is 0. The van der Waals surface area contributed by atoms with Gasteiger partial charge in [0.2, 0.25) is 0 Å². The summed E-state index contributed by atoms with van der Waals surface area (Å²) in [6.45, 7) is 0. The van der Waals surface area contributed by atoms with Crippen LogP contribution in [0.15, 0.2) is 0 Å². The molecule has 2 radical (unpaired) electrons. The van der Waals surface area contributed by atoms with E-state index in [1.165, 1.54) is 0 Å². The van der Waals surface area contributed by atoms with Gasteiger partial charge in [0, 0.05) is 0 Å². The fraction of sp³-hybridized carbons (Fsp3) is 0. The predicted molar refractivity (Wildman–Crippen MR) is 13.3 cm³/mol. The van der Waals surface area contributed by atoms with Crippen LogP contribution in [-0.2, 0) is 0 Å². The van der Waals surface area contributed by atoms with Gasteiger partial charge < -0.3 is 10.9 Å². The molecular weight excluding hydrogens is 79.0 g/mol. The molecule has 0 spiro atoms. The van der Waals surface area contributed by atoms with Crippen LogP contribution in [0.25, 0.3) is 0 Å². The van der Waals surface area contributed by atoms with Crippen molar-refractivity contribution in [3.8, 4) is 0 Å². The van der Waals surface area contributed by atoms with Gasteiger partial charge in [-0.05, 0) is 0 Å². The van der Waals surface area contributed by atoms with Gasteiger partial charge in [-0.25, -0.2) is 0 Å². The molecule has 0 aromatic carbocycles. The molecule has 0 aliphatic rings. The minimum Gasteiger partial charge on any atom is -1.00 e. The average molecular weight is 83.0 g/mol. The standard InChI is InChI=1S/Al.2FH.H3N/h;2*1H;1H3/q+1;;;/p-1. The summed E-state index contributed by atoms with van der Waals surface area (Å²) in [5.41, 5.74) is 0. The Balaban J connectivity index is 0. The Kier molecular flexibility index (Phi) is 14700. The quantitative estimate of drug-likeness (QED) is 0.310. The van der Waals surface area contributed by atoms with E-state index in [1.807, 2.05) is 0 Å². The fourth-order valence-electron chi connectivity index (χ4n) is 0. The zero-order chi connectivity index (χ0) is 0. The first-order valence-corrected chi connectivity index (χ1v) is 0. The number of hydrogen-bond acceptors (Lipinski definition) is 1. The molecule has 0 bridgehead atoms. The maximum atomic E-state index is 0. The molecule has 0 aliphatic carbocycles. The minimum absolute atomic E-state index is 0. The first-order chi connectivity index (χ1) is 0. The van der Waals surface area contributed by atoms with Gasteiger partial charge >= 0.3 is 17.4 Å². The predicted octanol–water partition coefficient (Wildman–Crippen LogP) is -3.06. The summed E-state index contributed by atoms with van der Waals surface area (Å²) in [5.74, 6) is 0. The van der Waals surface area contributed by atoms with Crippen LogP contribution in [0, 0.1) is 0 Å². The molecule has 4 heteroatoms. The smallest absolute Gasteiger partial charge is 1.00 e. The summed E-state index contributed by atoms with van der Waals surface area (Å²) in [7, 11) is 0. The number of rotatable bonds is 0. The summed E-state index contributed by atoms with van der Waals surface area (Å²) < 4.78 is 0. The van der Waals surface area contributed by atoms with Gasteiger partial charge in [0.05, 0.1) is 0 Å². The van der Waals surface area contributed by atoms with Gasteiger partial charge in [-0.2, -0.15) is 0 Å². The zero-order valence-electron chi connectivity index (χ0n) is 2.07. The largest absolute Gasteiger partial charge is 1.00 e. The van der Waals surface area contributed by atoms with Crippen molar-refractivity contribution in [1.82, 2.24) is 6.15 Å². The van der Waals surface area contributed by atoms with Crippen molar-refractivity contribution >= 4 is 17.4 Å². The van der Waals surface area contributed by atoms with Crippen LogP contribution < -0.4 is 10.9 Å². The van der Waals surface area contributed by atoms with Crippen molar-refractivity contribution in [2.24, 2.45) is 0 Å². The first kappa shape index (κ1) is 394. The van der Waals surface area contributed by atoms with Crippen LogP contribution in [-0.4, -0.2) is 17.4 Å². The Labute approximate surface area is 33.8 Å². The Bertz CT molecular complexity index is 6.00. The first-order valence-electron chi connectivity index (χ1n) is 0. The van der Waals surface area contributed by atoms with Crippen LogP contribution in [0.1, 0.15) is 0 Å². The van der Waals surface area contributed by atoms with E-state index in [4.69, 9.17) is 0 Å². The SMILES string of the molecule is F.N.[Al+].[F-]. The van der Waals surface area contributed by atoms with Gasteiger partial charge in [0.15, 0.2) is 0 Å². The molecule has 0 fully saturated rings. The molecule has 0 aromatic rings. The van der Waals surface area contributed by atoms with Crippen LogP contribution in [0.4, 0.5) is 4.70 Å². The summed E-state index contributed by atoms with van der Waals surface area (Å²) >= 11 is 0. The molecule has 0 aliphatic heterocycles. The summed E-state index contributed by atoms with van der Waals surface area (Å²) in [6, 6.07) is 0. The molecule has 0 unspecified atom stereocenters. The van der Waals surface area contributed by atoms with Gasteiger partial charge in [0.25, 0.3) is 0 Å². The second-order valence-electron chi connectivity index (χ2n) is 0. The zero-order valence-corrected chi connectivity index (χ0v) is 3.23. The van der Waals surface area contributed by atoms with E-state index in [0.29, 0.717) is 0 Å². The molecule has 0 atom stereocenters. The Morgan fingerprint density at radius 1 is 1.00 bits per heavy atom. The van der Waals surface area contributed by atoms with E-state index in [9.17, 15) is 0 Å². The molecule has 26 valence electrons. The summed E-state index contributed by atoms with van der Waals surface area (Å²) in [6.07, 6.45) is 0. The second kappa shape index (κ2) is 149. The van der Waals surface area contributed by atoms with Crippen molar-refractivity contribution in [2.75, 3.05) is 0 Å². The van der Waals surface area contributed by atoms with Gasteiger partial charge in [-0.3, -0.25) is 4.70 Å². The third-order valence-electron chi connectivity index (χ3n) is 0. The molecule has 0 aromatic heterocycles. The van der Waals surface area contributed by atoms with Crippen molar-refractivity contribution in [2.45, 2.75) is 0 Å². The third-order valence-corrected chi connectivity index (χ3v) is 0. The Morgan fingerprint density at radius 2 is 1.00 bits per heavy atom. The minimum atomic E-state index is 0. The number of hydrogen-bond donors (Lipinski definition) is 1. The van der Waals surface area contributed by atoms with Crippen LogP contribution >= 0.6 is 0 Å². The Morgan fingerprint density at radius 3 is 1.00 bits per heavy atom. The molecule has 0 heterocycles. The van der Waals surface area contributed by atoms with E-state index in [0.717, 1.165) is 0 Å². The van der Waals surface area contributed by atoms with Crippen molar-refractivity contribution < 1.29 is 9.41 Å². The second-order valence-corrected chi connectivity index (χ2v) is 0. The van der Waals surface area contributed by atoms with E-state index >= 15 is 0 Å². The van der Waals surface area contributed by atoms with Gasteiger partial charge in [0.1, 0.15) is 0 Å². The van der Waals surface area contributed by atoms with Gasteiger partial charge in [-0.1, -0.05) is 0 Å². The van der Waals surface area contributed by atoms with Crippen LogP contribution in [0.3, 0.4) is 0 Å². The fourth-order valence-corrected chi connectivity index (χ4v) is 0. The molecular formula is H4AlF2N. The maximum Gasteiger partial charge on any atom is 1.00 e. The van der Waals surface area contributed by atoms with Crippen molar-refractivity contribution in [3.63, 3.8) is 0 Å². The molecule has 0 rings (SSSR count). The molecule has 0 saturated heterocycles. The summed E-state index contributed by atoms with van der Waals surface area (Å²) in [5, 5.41) is 0. The molecule has 3 N–H and O–H groups in total. The van der Waals surface area contributed by atoms with E-state index < -0.39 is 0 Å². The topological polar surface area (TPSA) is 35.0 Å². The molecule has 1 nitrogen and oxygen atoms in total. The van der Waals surface area contributed by atoms with E-state index in [-0.39, 0.29) is 32.9 Å². The van der Waals surface area contributed by atoms with E-state index in [2.05, 4.69) is 0 Å². The normalized spacial score (nSPS) is 0. The van der Waals surface area contributed by atoms with Crippen LogP contribution in [0.5, 0.6) is 0 Å². The third kappa shape index (κ3) is 34.6. The summed E-state index contributed by atoms with van der Waals surface area (Å²) in [4.78, 5) is 0. The van der Waals surface area contributed by atoms with E-state index in [1.54, 1.807) is 0 Å². The average Bonchev–Trinajstić information content (AvgIpc) is 0. The van der Waals surface area contributed by atoms with Crippen LogP contribution in [0.2, 0.25) is 0 Å². The van der Waals surface area contributed by atoms with Crippen molar-refractivity contribution in [1.29, 1.82) is 0 Å². The molecule has 4 heavy (non-hydrogen) atoms. The molecule has 0 amide bonds. The number of halogens is 2. The Hall–Kier alpha value is 0.352. The molecule has 0 saturated carbocycles. The van der Waals surface area contributed by atoms with Gasteiger partial charge in [-0.15, -0.1) is 0 Å². The monoisotopic (exact) mass is 83.0 g/mol. The van der Waals surface area contributed by atoms with Crippen molar-refractivity contribution in [3.05, 3.63) is 0 Å².